The number of Topliss-reactive ketones (excluding diaryl/α,β-unsaturated/α-hetero) is 1. The summed E-state index contributed by atoms with van der Waals surface area (Å²) in [4.78, 5) is 54.7. The number of aromatic hydroxyl groups is 1. The molecule has 2 aliphatic heterocycles. The molecule has 2 aliphatic rings. The molecule has 0 aromatic heterocycles. The number of esters is 1. The first kappa shape index (κ1) is 33.6. The zero-order chi connectivity index (χ0) is 30.9. The fourth-order valence-corrected chi connectivity index (χ4v) is 5.40. The molecule has 1 unspecified atom stereocenters. The number of amidine groups is 1. The first-order valence-electron chi connectivity index (χ1n) is 14.1. The van der Waals surface area contributed by atoms with Gasteiger partial charge in [0.2, 0.25) is 5.91 Å². The average Bonchev–Trinajstić information content (AvgIpc) is 3.46. The Morgan fingerprint density at radius 3 is 2.42 bits per heavy atom. The second kappa shape index (κ2) is 13.2. The monoisotopic (exact) mass is 658 g/mol. The van der Waals surface area contributed by atoms with Crippen molar-refractivity contribution in [1.29, 1.82) is 5.41 Å². The van der Waals surface area contributed by atoms with Gasteiger partial charge in [0, 0.05) is 36.7 Å². The largest absolute Gasteiger partial charge is 0.505 e. The molecule has 2 heterocycles. The molecule has 0 spiro atoms. The Hall–Kier alpha value is -3.93. The lowest BCUT2D eigenvalue weighted by Crippen LogP contribution is -2.40. The Morgan fingerprint density at radius 2 is 1.81 bits per heavy atom. The molecule has 43 heavy (non-hydrogen) atoms. The van der Waals surface area contributed by atoms with E-state index in [-0.39, 0.29) is 90.0 Å². The summed E-state index contributed by atoms with van der Waals surface area (Å²) >= 11 is 0. The number of hydrogen-bond donors (Lipinski definition) is 3. The van der Waals surface area contributed by atoms with Crippen LogP contribution in [0, 0.1) is 5.41 Å². The van der Waals surface area contributed by atoms with Gasteiger partial charge in [0.05, 0.1) is 31.0 Å². The quantitative estimate of drug-likeness (QED) is 0.269. The van der Waals surface area contributed by atoms with E-state index in [1.165, 1.54) is 18.0 Å². The number of benzene rings is 2. The minimum Gasteiger partial charge on any atom is -0.505 e. The number of halogens is 1. The van der Waals surface area contributed by atoms with E-state index in [4.69, 9.17) is 14.9 Å². The molecule has 2 aromatic carbocycles. The highest BCUT2D eigenvalue weighted by atomic mass is 79.9. The third-order valence-corrected chi connectivity index (χ3v) is 7.49. The number of fused-ring (bicyclic) bond motifs is 1. The molecule has 11 nitrogen and oxygen atoms in total. The highest BCUT2D eigenvalue weighted by Crippen LogP contribution is 2.42. The minimum absolute atomic E-state index is 0. The number of anilines is 1. The number of carbonyl (C=O) groups is 4. The summed E-state index contributed by atoms with van der Waals surface area (Å²) in [6, 6.07) is 5.47. The van der Waals surface area contributed by atoms with Crippen molar-refractivity contribution < 1.29 is 33.8 Å². The van der Waals surface area contributed by atoms with Gasteiger partial charge in [0.15, 0.2) is 5.78 Å². The SMILES string of the molecule is Br.CCOC(=O)C1CCC(=O)N1c1cc(C(=O)CN2Cc3cc(OCC)c(C(=O)NC)cc3C2=N)cc(C(C)(C)C)c1O. The number of rotatable bonds is 9. The van der Waals surface area contributed by atoms with E-state index in [0.717, 1.165) is 5.56 Å². The summed E-state index contributed by atoms with van der Waals surface area (Å²) in [5.41, 5.74) is 1.77. The second-order valence-electron chi connectivity index (χ2n) is 11.4. The Balaban J connectivity index is 0.00000506. The molecule has 232 valence electrons. The zero-order valence-electron chi connectivity index (χ0n) is 25.3. The van der Waals surface area contributed by atoms with Crippen LogP contribution in [-0.2, 0) is 26.3 Å². The van der Waals surface area contributed by atoms with Crippen LogP contribution >= 0.6 is 17.0 Å². The van der Waals surface area contributed by atoms with Crippen molar-refractivity contribution in [1.82, 2.24) is 10.2 Å². The number of hydrogen-bond acceptors (Lipinski definition) is 8. The van der Waals surface area contributed by atoms with Gasteiger partial charge in [-0.3, -0.25) is 24.7 Å². The van der Waals surface area contributed by atoms with Crippen LogP contribution in [0.4, 0.5) is 5.69 Å². The smallest absolute Gasteiger partial charge is 0.329 e. The van der Waals surface area contributed by atoms with Crippen molar-refractivity contribution in [2.24, 2.45) is 0 Å². The summed E-state index contributed by atoms with van der Waals surface area (Å²) in [5.74, 6) is -1.26. The predicted molar refractivity (Wildman–Crippen MR) is 167 cm³/mol. The second-order valence-corrected chi connectivity index (χ2v) is 11.4. The molecule has 2 amide bonds. The first-order chi connectivity index (χ1) is 19.8. The Bertz CT molecular complexity index is 1470. The van der Waals surface area contributed by atoms with E-state index < -0.39 is 17.4 Å². The van der Waals surface area contributed by atoms with E-state index in [0.29, 0.717) is 29.0 Å². The number of ketones is 1. The third kappa shape index (κ3) is 6.53. The number of amides is 2. The van der Waals surface area contributed by atoms with Crippen LogP contribution in [0.25, 0.3) is 0 Å². The molecule has 0 aliphatic carbocycles. The molecule has 1 saturated heterocycles. The van der Waals surface area contributed by atoms with Gasteiger partial charge in [0.25, 0.3) is 5.91 Å². The van der Waals surface area contributed by atoms with Crippen LogP contribution in [0.5, 0.6) is 11.5 Å². The lowest BCUT2D eigenvalue weighted by Gasteiger charge is -2.29. The van der Waals surface area contributed by atoms with Crippen molar-refractivity contribution in [3.63, 3.8) is 0 Å². The normalized spacial score (nSPS) is 16.1. The fraction of sp³-hybridized carbons (Fsp3) is 0.452. The van der Waals surface area contributed by atoms with Gasteiger partial charge in [-0.1, -0.05) is 20.8 Å². The van der Waals surface area contributed by atoms with Gasteiger partial charge in [-0.25, -0.2) is 4.79 Å². The van der Waals surface area contributed by atoms with Crippen LogP contribution in [0.15, 0.2) is 24.3 Å². The number of phenols is 1. The molecule has 4 rings (SSSR count). The molecule has 2 aromatic rings. The van der Waals surface area contributed by atoms with Crippen LogP contribution in [0.1, 0.15) is 84.9 Å². The number of nitrogens with zero attached hydrogens (tertiary/aromatic N) is 2. The molecular weight excluding hydrogens is 620 g/mol. The maximum atomic E-state index is 13.7. The van der Waals surface area contributed by atoms with Crippen molar-refractivity contribution in [3.05, 3.63) is 52.1 Å². The molecule has 0 saturated carbocycles. The van der Waals surface area contributed by atoms with Crippen LogP contribution < -0.4 is 15.0 Å². The molecule has 0 bridgehead atoms. The average molecular weight is 660 g/mol. The van der Waals surface area contributed by atoms with Crippen LogP contribution in [0.3, 0.4) is 0 Å². The molecule has 0 radical (unpaired) electrons. The first-order valence-corrected chi connectivity index (χ1v) is 14.1. The molecule has 12 heteroatoms. The summed E-state index contributed by atoms with van der Waals surface area (Å²) in [6.45, 7) is 9.74. The summed E-state index contributed by atoms with van der Waals surface area (Å²) in [7, 11) is 1.52. The Labute approximate surface area is 261 Å². The minimum atomic E-state index is -0.906. The summed E-state index contributed by atoms with van der Waals surface area (Å²) in [5, 5.41) is 22.6. The van der Waals surface area contributed by atoms with Gasteiger partial charge in [-0.05, 0) is 55.5 Å². The van der Waals surface area contributed by atoms with E-state index in [1.54, 1.807) is 30.0 Å². The van der Waals surface area contributed by atoms with E-state index in [9.17, 15) is 24.3 Å². The number of carbonyl (C=O) groups excluding carboxylic acids is 4. The van der Waals surface area contributed by atoms with Crippen molar-refractivity contribution in [3.8, 4) is 11.5 Å². The number of ether oxygens (including phenoxy) is 2. The van der Waals surface area contributed by atoms with E-state index in [2.05, 4.69) is 5.32 Å². The van der Waals surface area contributed by atoms with Gasteiger partial charge < -0.3 is 24.8 Å². The van der Waals surface area contributed by atoms with Gasteiger partial charge in [-0.2, -0.15) is 0 Å². The van der Waals surface area contributed by atoms with Gasteiger partial charge in [0.1, 0.15) is 23.4 Å². The Morgan fingerprint density at radius 1 is 1.12 bits per heavy atom. The predicted octanol–water partition coefficient (Wildman–Crippen LogP) is 4.11. The molecule has 1 atom stereocenters. The molecular formula is C31H39BrN4O7. The topological polar surface area (TPSA) is 149 Å². The zero-order valence-corrected chi connectivity index (χ0v) is 27.0. The lowest BCUT2D eigenvalue weighted by molar-refractivity contribution is -0.144. The standard InChI is InChI=1S/C31H38N4O7.BrH/c1-7-41-25-13-18-15-34(28(32)19(18)14-20(25)29(39)33-6)16-24(36)17-11-21(31(3,4)5)27(38)23(12-17)35-22(9-10-26(35)37)30(40)42-8-2;/h11-14,22,32,38H,7-10,15-16H2,1-6H3,(H,33,39);1H. The van der Waals surface area contributed by atoms with Crippen molar-refractivity contribution >= 4 is 52.1 Å². The Kier molecular flexibility index (Phi) is 10.3. The van der Waals surface area contributed by atoms with E-state index in [1.807, 2.05) is 27.7 Å². The van der Waals surface area contributed by atoms with Gasteiger partial charge >= 0.3 is 5.97 Å². The van der Waals surface area contributed by atoms with E-state index >= 15 is 0 Å². The van der Waals surface area contributed by atoms with Crippen LogP contribution in [0.2, 0.25) is 0 Å². The highest BCUT2D eigenvalue weighted by molar-refractivity contribution is 8.93. The summed E-state index contributed by atoms with van der Waals surface area (Å²) < 4.78 is 10.8. The maximum Gasteiger partial charge on any atom is 0.329 e. The van der Waals surface area contributed by atoms with Crippen molar-refractivity contribution in [2.75, 3.05) is 31.7 Å². The summed E-state index contributed by atoms with van der Waals surface area (Å²) in [6.07, 6.45) is 0.349. The molecule has 1 fully saturated rings. The fourth-order valence-electron chi connectivity index (χ4n) is 5.40. The van der Waals surface area contributed by atoms with Crippen molar-refractivity contribution in [2.45, 2.75) is 65.5 Å². The number of nitrogens with one attached hydrogen (secondary N) is 2. The van der Waals surface area contributed by atoms with Gasteiger partial charge in [-0.15, -0.1) is 17.0 Å². The van der Waals surface area contributed by atoms with Crippen LogP contribution in [-0.4, -0.2) is 72.3 Å². The third-order valence-electron chi connectivity index (χ3n) is 7.49. The number of phenolic OH excluding ortho intramolecular Hbond substituents is 1. The highest BCUT2D eigenvalue weighted by Gasteiger charge is 2.41. The maximum absolute atomic E-state index is 13.7. The lowest BCUT2D eigenvalue weighted by atomic mass is 9.84. The molecule has 3 N–H and O–H groups in total.